The number of hydrogen-bond donors (Lipinski definition) is 2. The molecule has 1 aliphatic heterocycles. The molecule has 21 heavy (non-hydrogen) atoms. The lowest BCUT2D eigenvalue weighted by Crippen LogP contribution is -2.38. The third-order valence-electron chi connectivity index (χ3n) is 3.25. The van der Waals surface area contributed by atoms with Gasteiger partial charge in [0.25, 0.3) is 0 Å². The molecule has 0 unspecified atom stereocenters. The second kappa shape index (κ2) is 6.05. The highest BCUT2D eigenvalue weighted by Gasteiger charge is 2.24. The van der Waals surface area contributed by atoms with Crippen molar-refractivity contribution >= 4 is 33.3 Å². The van der Waals surface area contributed by atoms with E-state index in [2.05, 4.69) is 5.32 Å². The van der Waals surface area contributed by atoms with Crippen LogP contribution in [0.3, 0.4) is 0 Å². The molecule has 6 nitrogen and oxygen atoms in total. The number of rotatable bonds is 3. The van der Waals surface area contributed by atoms with Crippen molar-refractivity contribution in [1.82, 2.24) is 4.90 Å². The number of carbonyl (C=O) groups is 1. The lowest BCUT2D eigenvalue weighted by molar-refractivity contribution is 0.209. The number of anilines is 1. The van der Waals surface area contributed by atoms with Gasteiger partial charge in [-0.05, 0) is 24.6 Å². The van der Waals surface area contributed by atoms with Crippen molar-refractivity contribution in [2.45, 2.75) is 24.3 Å². The number of halogens is 1. The molecule has 0 fully saturated rings. The Balaban J connectivity index is 2.21. The Kier molecular flexibility index (Phi) is 4.55. The number of nitrogens with zero attached hydrogens (tertiary/aromatic N) is 1. The quantitative estimate of drug-likeness (QED) is 0.832. The fourth-order valence-electron chi connectivity index (χ4n) is 2.12. The lowest BCUT2D eigenvalue weighted by Gasteiger charge is -2.24. The number of sulfonamides is 1. The number of nitrogens with one attached hydrogen (secondary N) is 1. The lowest BCUT2D eigenvalue weighted by atomic mass is 10.2. The smallest absolute Gasteiger partial charge is 0.314 e. The van der Waals surface area contributed by atoms with Crippen LogP contribution < -0.4 is 10.5 Å². The summed E-state index contributed by atoms with van der Waals surface area (Å²) < 4.78 is 22.7. The zero-order valence-electron chi connectivity index (χ0n) is 11.4. The number of amides is 2. The Morgan fingerprint density at radius 2 is 2.24 bits per heavy atom. The first-order chi connectivity index (χ1) is 9.82. The third kappa shape index (κ3) is 3.55. The fraction of sp³-hybridized carbons (Fsp3) is 0.308. The first-order valence-electron chi connectivity index (χ1n) is 6.39. The van der Waals surface area contributed by atoms with Crippen LogP contribution >= 0.6 is 11.6 Å². The molecule has 1 heterocycles. The van der Waals surface area contributed by atoms with Crippen LogP contribution in [0.4, 0.5) is 10.5 Å². The first-order valence-corrected chi connectivity index (χ1v) is 8.32. The molecule has 0 aromatic heterocycles. The van der Waals surface area contributed by atoms with Gasteiger partial charge in [0.05, 0.1) is 21.6 Å². The van der Waals surface area contributed by atoms with E-state index >= 15 is 0 Å². The Labute approximate surface area is 128 Å². The summed E-state index contributed by atoms with van der Waals surface area (Å²) in [6, 6.07) is 3.63. The van der Waals surface area contributed by atoms with Gasteiger partial charge in [-0.1, -0.05) is 30.7 Å². The SMILES string of the molecule is CC[C@H]1C=CCN1C(=O)Nc1cc(S(N)(=O)=O)ccc1Cl. The largest absolute Gasteiger partial charge is 0.322 e. The Morgan fingerprint density at radius 1 is 1.52 bits per heavy atom. The van der Waals surface area contributed by atoms with Crippen LogP contribution in [0.15, 0.2) is 35.2 Å². The molecule has 0 spiro atoms. The van der Waals surface area contributed by atoms with E-state index in [1.54, 1.807) is 4.90 Å². The molecule has 2 rings (SSSR count). The monoisotopic (exact) mass is 329 g/mol. The molecule has 8 heteroatoms. The number of hydrogen-bond acceptors (Lipinski definition) is 3. The van der Waals surface area contributed by atoms with Crippen LogP contribution in [0.1, 0.15) is 13.3 Å². The van der Waals surface area contributed by atoms with Crippen molar-refractivity contribution in [3.63, 3.8) is 0 Å². The average molecular weight is 330 g/mol. The van der Waals surface area contributed by atoms with Gasteiger partial charge < -0.3 is 10.2 Å². The second-order valence-electron chi connectivity index (χ2n) is 4.67. The van der Waals surface area contributed by atoms with Gasteiger partial charge in [0.15, 0.2) is 0 Å². The molecule has 3 N–H and O–H groups in total. The third-order valence-corrected chi connectivity index (χ3v) is 4.49. The van der Waals surface area contributed by atoms with Crippen LogP contribution in [0, 0.1) is 0 Å². The average Bonchev–Trinajstić information content (AvgIpc) is 2.88. The molecule has 1 atom stereocenters. The highest BCUT2D eigenvalue weighted by atomic mass is 35.5. The van der Waals surface area contributed by atoms with Crippen LogP contribution in [0.5, 0.6) is 0 Å². The highest BCUT2D eigenvalue weighted by Crippen LogP contribution is 2.26. The molecular weight excluding hydrogens is 314 g/mol. The molecule has 2 amide bonds. The van der Waals surface area contributed by atoms with E-state index in [4.69, 9.17) is 16.7 Å². The minimum Gasteiger partial charge on any atom is -0.314 e. The van der Waals surface area contributed by atoms with Gasteiger partial charge in [-0.2, -0.15) is 0 Å². The summed E-state index contributed by atoms with van der Waals surface area (Å²) in [6.45, 7) is 2.49. The Hall–Kier alpha value is -1.57. The van der Waals surface area contributed by atoms with E-state index in [1.165, 1.54) is 18.2 Å². The molecule has 0 bridgehead atoms. The Bertz CT molecular complexity index is 688. The zero-order valence-corrected chi connectivity index (χ0v) is 13.0. The number of carbonyl (C=O) groups excluding carboxylic acids is 1. The molecule has 0 radical (unpaired) electrons. The van der Waals surface area contributed by atoms with Crippen LogP contribution in [0.2, 0.25) is 5.02 Å². The van der Waals surface area contributed by atoms with Crippen molar-refractivity contribution in [3.05, 3.63) is 35.4 Å². The Morgan fingerprint density at radius 3 is 2.86 bits per heavy atom. The topological polar surface area (TPSA) is 92.5 Å². The van der Waals surface area contributed by atoms with Crippen LogP contribution in [0.25, 0.3) is 0 Å². The predicted octanol–water partition coefficient (Wildman–Crippen LogP) is 2.17. The van der Waals surface area contributed by atoms with Gasteiger partial charge in [0, 0.05) is 6.54 Å². The van der Waals surface area contributed by atoms with E-state index in [-0.39, 0.29) is 27.7 Å². The van der Waals surface area contributed by atoms with Gasteiger partial charge in [-0.25, -0.2) is 18.4 Å². The van der Waals surface area contributed by atoms with E-state index < -0.39 is 10.0 Å². The number of primary sulfonamides is 1. The van der Waals surface area contributed by atoms with Crippen molar-refractivity contribution in [3.8, 4) is 0 Å². The molecule has 114 valence electrons. The van der Waals surface area contributed by atoms with Gasteiger partial charge >= 0.3 is 6.03 Å². The number of benzene rings is 1. The maximum absolute atomic E-state index is 12.2. The zero-order chi connectivity index (χ0) is 15.6. The summed E-state index contributed by atoms with van der Waals surface area (Å²) in [5, 5.41) is 7.94. The number of urea groups is 1. The van der Waals surface area contributed by atoms with Crippen molar-refractivity contribution in [2.75, 3.05) is 11.9 Å². The van der Waals surface area contributed by atoms with E-state index in [0.717, 1.165) is 6.42 Å². The minimum atomic E-state index is -3.85. The second-order valence-corrected chi connectivity index (χ2v) is 6.64. The summed E-state index contributed by atoms with van der Waals surface area (Å²) in [4.78, 5) is 13.8. The van der Waals surface area contributed by atoms with Gasteiger partial charge in [0.1, 0.15) is 0 Å². The summed E-state index contributed by atoms with van der Waals surface area (Å²) in [7, 11) is -3.85. The normalized spacial score (nSPS) is 18.0. The standard InChI is InChI=1S/C13H16ClN3O3S/c1-2-9-4-3-7-17(9)13(18)16-12-8-10(21(15,19)20)5-6-11(12)14/h3-6,8-9H,2,7H2,1H3,(H,16,18)(H2,15,19,20)/t9-/m0/s1. The van der Waals surface area contributed by atoms with Crippen LogP contribution in [-0.2, 0) is 10.0 Å². The fourth-order valence-corrected chi connectivity index (χ4v) is 2.83. The van der Waals surface area contributed by atoms with Crippen molar-refractivity contribution in [1.29, 1.82) is 0 Å². The van der Waals surface area contributed by atoms with Crippen molar-refractivity contribution < 1.29 is 13.2 Å². The minimum absolute atomic E-state index is 0.0326. The molecule has 1 aliphatic rings. The summed E-state index contributed by atoms with van der Waals surface area (Å²) in [5.74, 6) is 0. The summed E-state index contributed by atoms with van der Waals surface area (Å²) in [6.07, 6.45) is 4.67. The van der Waals surface area contributed by atoms with E-state index in [0.29, 0.717) is 6.54 Å². The summed E-state index contributed by atoms with van der Waals surface area (Å²) in [5.41, 5.74) is 0.218. The van der Waals surface area contributed by atoms with Gasteiger partial charge in [0.2, 0.25) is 10.0 Å². The molecule has 1 aromatic carbocycles. The number of nitrogens with two attached hydrogens (primary N) is 1. The maximum atomic E-state index is 12.2. The highest BCUT2D eigenvalue weighted by molar-refractivity contribution is 7.89. The molecule has 0 saturated heterocycles. The van der Waals surface area contributed by atoms with E-state index in [9.17, 15) is 13.2 Å². The maximum Gasteiger partial charge on any atom is 0.322 e. The molecular formula is C13H16ClN3O3S. The molecule has 0 saturated carbocycles. The van der Waals surface area contributed by atoms with Crippen LogP contribution in [-0.4, -0.2) is 31.9 Å². The van der Waals surface area contributed by atoms with E-state index in [1.807, 2.05) is 19.1 Å². The van der Waals surface area contributed by atoms with Crippen molar-refractivity contribution in [2.24, 2.45) is 5.14 Å². The summed E-state index contributed by atoms with van der Waals surface area (Å²) >= 11 is 5.98. The van der Waals surface area contributed by atoms with Gasteiger partial charge in [-0.3, -0.25) is 0 Å². The molecule has 1 aromatic rings. The molecule has 0 aliphatic carbocycles. The van der Waals surface area contributed by atoms with Gasteiger partial charge in [-0.15, -0.1) is 0 Å². The first kappa shape index (κ1) is 15.8. The predicted molar refractivity (Wildman–Crippen MR) is 81.8 cm³/mol.